The molecule has 3 aliphatic rings. The molecule has 5 N–H and O–H groups in total. The number of Topliss-reactive ketones (excluding diaryl/α,β-unsaturated/α-hetero) is 1. The van der Waals surface area contributed by atoms with E-state index in [-0.39, 0.29) is 46.8 Å². The van der Waals surface area contributed by atoms with Crippen LogP contribution in [0, 0.1) is 0 Å². The predicted octanol–water partition coefficient (Wildman–Crippen LogP) is 5.11. The lowest BCUT2D eigenvalue weighted by atomic mass is 9.72. The zero-order chi connectivity index (χ0) is 37.0. The van der Waals surface area contributed by atoms with Crippen molar-refractivity contribution in [2.24, 2.45) is 0 Å². The number of aliphatic hydroxyl groups is 2. The Balaban J connectivity index is 1.36. The molecule has 51 heavy (non-hydrogen) atoms. The molecule has 12 nitrogen and oxygen atoms in total. The molecule has 0 bridgehead atoms. The Bertz CT molecular complexity index is 1650. The third-order valence-electron chi connectivity index (χ3n) is 10.6. The number of methoxy groups -OCH3 is 1. The number of nitrogens with one attached hydrogen (secondary N) is 1. The van der Waals surface area contributed by atoms with E-state index in [1.807, 2.05) is 0 Å². The summed E-state index contributed by atoms with van der Waals surface area (Å²) in [5.74, 6) is -3.49. The quantitative estimate of drug-likeness (QED) is 0.104. The van der Waals surface area contributed by atoms with Crippen LogP contribution < -0.4 is 10.1 Å². The molecule has 0 saturated carbocycles. The second-order valence-electron chi connectivity index (χ2n) is 14.2. The van der Waals surface area contributed by atoms with Gasteiger partial charge in [0.25, 0.3) is 0 Å². The Morgan fingerprint density at radius 2 is 1.61 bits per heavy atom. The first kappa shape index (κ1) is 38.4. The summed E-state index contributed by atoms with van der Waals surface area (Å²) in [4.78, 5) is 53.3. The molecule has 1 fully saturated rings. The minimum absolute atomic E-state index is 0.000977. The number of phenols is 2. The van der Waals surface area contributed by atoms with Gasteiger partial charge in [-0.25, -0.2) is 0 Å². The summed E-state index contributed by atoms with van der Waals surface area (Å²) in [7, 11) is 1.34. The molecule has 1 aliphatic heterocycles. The normalized spacial score (nSPS) is 25.5. The number of fused-ring (bicyclic) bond motifs is 3. The molecule has 12 heteroatoms. The number of carbonyl (C=O) groups excluding carboxylic acids is 4. The Morgan fingerprint density at radius 3 is 2.25 bits per heavy atom. The van der Waals surface area contributed by atoms with Gasteiger partial charge >= 0.3 is 0 Å². The molecule has 2 aromatic carbocycles. The molecule has 1 saturated heterocycles. The molecular weight excluding hydrogens is 658 g/mol. The van der Waals surface area contributed by atoms with Crippen molar-refractivity contribution in [3.05, 3.63) is 51.6 Å². The fraction of sp³-hybridized carbons (Fsp3) is 0.590. The third-order valence-corrected chi connectivity index (χ3v) is 10.6. The van der Waals surface area contributed by atoms with E-state index in [1.165, 1.54) is 64.3 Å². The molecule has 6 atom stereocenters. The molecule has 1 heterocycles. The van der Waals surface area contributed by atoms with Crippen LogP contribution in [0.3, 0.4) is 0 Å². The van der Waals surface area contributed by atoms with Gasteiger partial charge in [0, 0.05) is 42.4 Å². The second-order valence-corrected chi connectivity index (χ2v) is 14.2. The predicted molar refractivity (Wildman–Crippen MR) is 186 cm³/mol. The molecule has 2 aliphatic carbocycles. The molecule has 1 amide bonds. The van der Waals surface area contributed by atoms with Crippen LogP contribution in [0.2, 0.25) is 0 Å². The van der Waals surface area contributed by atoms with Crippen LogP contribution in [-0.2, 0) is 25.5 Å². The Hall–Kier alpha value is -3.84. The van der Waals surface area contributed by atoms with Gasteiger partial charge in [0.2, 0.25) is 11.7 Å². The number of ether oxygens (including phenoxy) is 3. The molecular formula is C39H51NO11. The third kappa shape index (κ3) is 7.84. The highest BCUT2D eigenvalue weighted by Crippen LogP contribution is 2.52. The molecule has 5 rings (SSSR count). The summed E-state index contributed by atoms with van der Waals surface area (Å²) in [6.45, 7) is 5.00. The molecule has 278 valence electrons. The van der Waals surface area contributed by atoms with E-state index in [4.69, 9.17) is 14.2 Å². The summed E-state index contributed by atoms with van der Waals surface area (Å²) in [6, 6.07) is 3.70. The number of unbranched alkanes of at least 4 members (excludes halogenated alkanes) is 8. The van der Waals surface area contributed by atoms with Gasteiger partial charge in [0.05, 0.1) is 42.0 Å². The van der Waals surface area contributed by atoms with Crippen molar-refractivity contribution in [2.75, 3.05) is 7.11 Å². The Morgan fingerprint density at radius 1 is 0.961 bits per heavy atom. The van der Waals surface area contributed by atoms with Gasteiger partial charge in [0.15, 0.2) is 17.9 Å². The number of benzene rings is 2. The Labute approximate surface area is 298 Å². The molecule has 0 spiro atoms. The maximum absolute atomic E-state index is 13.9. The maximum atomic E-state index is 13.9. The van der Waals surface area contributed by atoms with Gasteiger partial charge in [-0.1, -0.05) is 70.4 Å². The lowest BCUT2D eigenvalue weighted by Crippen LogP contribution is -2.55. The molecule has 0 radical (unpaired) electrons. The minimum Gasteiger partial charge on any atom is -0.507 e. The summed E-state index contributed by atoms with van der Waals surface area (Å²) in [5, 5.41) is 48.6. The largest absolute Gasteiger partial charge is 0.507 e. The number of ketones is 3. The highest BCUT2D eigenvalue weighted by molar-refractivity contribution is 6.31. The van der Waals surface area contributed by atoms with E-state index in [2.05, 4.69) is 12.2 Å². The monoisotopic (exact) mass is 709 g/mol. The van der Waals surface area contributed by atoms with Crippen molar-refractivity contribution in [2.45, 2.75) is 140 Å². The number of rotatable bonds is 15. The van der Waals surface area contributed by atoms with Crippen LogP contribution in [0.5, 0.6) is 17.2 Å². The number of hydrogen-bond donors (Lipinski definition) is 5. The number of aromatic hydroxyl groups is 2. The summed E-state index contributed by atoms with van der Waals surface area (Å²) in [5.41, 5.74) is -3.20. The van der Waals surface area contributed by atoms with Crippen molar-refractivity contribution >= 4 is 23.3 Å². The lowest BCUT2D eigenvalue weighted by Gasteiger charge is -2.42. The summed E-state index contributed by atoms with van der Waals surface area (Å²) >= 11 is 0. The van der Waals surface area contributed by atoms with Crippen LogP contribution in [0.4, 0.5) is 0 Å². The fourth-order valence-electron chi connectivity index (χ4n) is 7.64. The van der Waals surface area contributed by atoms with Gasteiger partial charge in [-0.05, 0) is 26.3 Å². The van der Waals surface area contributed by atoms with E-state index in [1.54, 1.807) is 6.92 Å². The van der Waals surface area contributed by atoms with E-state index in [0.29, 0.717) is 6.42 Å². The van der Waals surface area contributed by atoms with Gasteiger partial charge in [-0.2, -0.15) is 0 Å². The van der Waals surface area contributed by atoms with Gasteiger partial charge in [0.1, 0.15) is 29.0 Å². The molecule has 0 aromatic heterocycles. The first-order valence-corrected chi connectivity index (χ1v) is 18.2. The van der Waals surface area contributed by atoms with E-state index in [0.717, 1.165) is 25.7 Å². The topological polar surface area (TPSA) is 189 Å². The number of carbonyl (C=O) groups is 4. The zero-order valence-electron chi connectivity index (χ0n) is 30.0. The standard InChI is InChI=1S/C39H51NO11/c1-5-6-7-8-9-10-11-12-13-17-28(42)40-25-18-29(50-21(2)34(25)43)51-27-20-39(48,22(3)41)19-24-31(27)38(47)33-32(36(24)45)35(44)23-15-14-16-26(49-4)30(23)37(33)46/h14-16,21,25,27,29,34,43,45,47-48H,5-13,17-20H2,1-4H3,(H,40,42)/t21?,25?,27-,29?,34?,39-/m0/s1. The fourth-order valence-corrected chi connectivity index (χ4v) is 7.64. The second kappa shape index (κ2) is 16.2. The van der Waals surface area contributed by atoms with E-state index >= 15 is 0 Å². The summed E-state index contributed by atoms with van der Waals surface area (Å²) in [6.07, 6.45) is 5.31. The molecule has 4 unspecified atom stereocenters. The first-order valence-electron chi connectivity index (χ1n) is 18.2. The van der Waals surface area contributed by atoms with Crippen LogP contribution in [-0.4, -0.2) is 80.9 Å². The highest BCUT2D eigenvalue weighted by Gasteiger charge is 2.49. The van der Waals surface area contributed by atoms with Crippen LogP contribution in [0.15, 0.2) is 18.2 Å². The highest BCUT2D eigenvalue weighted by atomic mass is 16.7. The van der Waals surface area contributed by atoms with Gasteiger partial charge < -0.3 is 40.0 Å². The number of hydrogen-bond acceptors (Lipinski definition) is 11. The van der Waals surface area contributed by atoms with Crippen molar-refractivity contribution in [1.82, 2.24) is 5.32 Å². The van der Waals surface area contributed by atoms with Crippen molar-refractivity contribution < 1.29 is 53.8 Å². The van der Waals surface area contributed by atoms with Crippen molar-refractivity contribution in [3.8, 4) is 17.2 Å². The maximum Gasteiger partial charge on any atom is 0.220 e. The minimum atomic E-state index is -2.05. The van der Waals surface area contributed by atoms with Crippen LogP contribution >= 0.6 is 0 Å². The average molecular weight is 710 g/mol. The van der Waals surface area contributed by atoms with Crippen LogP contribution in [0.1, 0.15) is 147 Å². The van der Waals surface area contributed by atoms with E-state index in [9.17, 15) is 39.6 Å². The number of amides is 1. The SMILES string of the molecule is CCCCCCCCCCCC(=O)NC1CC(O[C@H]2C[C@](O)(C(C)=O)Cc3c(O)c4c(c(O)c32)C(=O)c2c(OC)cccc2C4=O)OC(C)C1O. The van der Waals surface area contributed by atoms with Crippen molar-refractivity contribution in [1.29, 1.82) is 0 Å². The Kier molecular flexibility index (Phi) is 12.2. The van der Waals surface area contributed by atoms with Gasteiger partial charge in [-0.15, -0.1) is 0 Å². The first-order chi connectivity index (χ1) is 24.3. The zero-order valence-corrected chi connectivity index (χ0v) is 30.0. The number of aliphatic hydroxyl groups excluding tert-OH is 1. The van der Waals surface area contributed by atoms with E-state index < -0.39 is 82.6 Å². The van der Waals surface area contributed by atoms with Gasteiger partial charge in [-0.3, -0.25) is 19.2 Å². The molecule has 2 aromatic rings. The summed E-state index contributed by atoms with van der Waals surface area (Å²) < 4.78 is 17.6. The average Bonchev–Trinajstić information content (AvgIpc) is 3.09. The van der Waals surface area contributed by atoms with Crippen molar-refractivity contribution in [3.63, 3.8) is 0 Å². The number of phenolic OH excluding ortho intramolecular Hbond substituents is 2. The smallest absolute Gasteiger partial charge is 0.220 e. The lowest BCUT2D eigenvalue weighted by molar-refractivity contribution is -0.249. The van der Waals surface area contributed by atoms with Crippen LogP contribution in [0.25, 0.3) is 0 Å².